The molecule has 3 rings (SSSR count). The summed E-state index contributed by atoms with van der Waals surface area (Å²) in [5, 5.41) is 0. The molecule has 6 heteroatoms. The van der Waals surface area contributed by atoms with Crippen LogP contribution in [0.1, 0.15) is 45.1 Å². The molecule has 0 bridgehead atoms. The molecule has 0 radical (unpaired) electrons. The third-order valence-electron chi connectivity index (χ3n) is 6.42. The molecule has 1 heterocycles. The van der Waals surface area contributed by atoms with Crippen molar-refractivity contribution in [3.8, 4) is 0 Å². The normalized spacial score (nSPS) is 20.9. The number of carbonyl (C=O) groups excluding carboxylic acids is 3. The Morgan fingerprint density at radius 3 is 2.38 bits per heavy atom. The van der Waals surface area contributed by atoms with Gasteiger partial charge in [0.25, 0.3) is 0 Å². The number of hydrogen-bond donors (Lipinski definition) is 0. The summed E-state index contributed by atoms with van der Waals surface area (Å²) in [5.74, 6) is -0.683. The van der Waals surface area contributed by atoms with Gasteiger partial charge in [0, 0.05) is 38.3 Å². The maximum atomic E-state index is 13.4. The zero-order chi connectivity index (χ0) is 21.0. The van der Waals surface area contributed by atoms with E-state index >= 15 is 0 Å². The third-order valence-corrected chi connectivity index (χ3v) is 6.42. The van der Waals surface area contributed by atoms with E-state index in [1.807, 2.05) is 36.9 Å². The third kappa shape index (κ3) is 4.46. The van der Waals surface area contributed by atoms with Crippen LogP contribution in [0.4, 0.5) is 5.69 Å². The van der Waals surface area contributed by atoms with Gasteiger partial charge in [0.05, 0.1) is 12.5 Å². The second kappa shape index (κ2) is 9.42. The Bertz CT molecular complexity index is 759. The van der Waals surface area contributed by atoms with Crippen LogP contribution in [0, 0.1) is 11.8 Å². The van der Waals surface area contributed by atoms with Crippen LogP contribution in [0.25, 0.3) is 0 Å². The fourth-order valence-corrected chi connectivity index (χ4v) is 4.73. The molecule has 1 aromatic carbocycles. The van der Waals surface area contributed by atoms with E-state index in [0.717, 1.165) is 31.4 Å². The molecular formula is C23H33N3O3. The predicted molar refractivity (Wildman–Crippen MR) is 114 cm³/mol. The molecule has 2 atom stereocenters. The molecule has 0 N–H and O–H groups in total. The van der Waals surface area contributed by atoms with Gasteiger partial charge in [-0.05, 0) is 44.7 Å². The smallest absolute Gasteiger partial charge is 0.242 e. The number of amides is 3. The van der Waals surface area contributed by atoms with E-state index in [1.54, 1.807) is 11.9 Å². The standard InChI is InChI=1S/C23H33N3O3/c1-4-25(5-2)21(27)16-24(3)22(28)18-11-7-8-12-19(18)23(29)26-15-14-17-10-6-9-13-20(17)26/h6,9-10,13,18-19H,4-5,7-8,11-12,14-16H2,1-3H3. The molecular weight excluding hydrogens is 366 g/mol. The highest BCUT2D eigenvalue weighted by Crippen LogP contribution is 2.36. The van der Waals surface area contributed by atoms with Gasteiger partial charge in [0.15, 0.2) is 0 Å². The summed E-state index contributed by atoms with van der Waals surface area (Å²) in [7, 11) is 1.69. The molecule has 0 aromatic heterocycles. The van der Waals surface area contributed by atoms with Gasteiger partial charge in [0.2, 0.25) is 17.7 Å². The van der Waals surface area contributed by atoms with E-state index in [1.165, 1.54) is 10.5 Å². The summed E-state index contributed by atoms with van der Waals surface area (Å²) < 4.78 is 0. The molecule has 0 saturated heterocycles. The molecule has 2 unspecified atom stereocenters. The fraction of sp³-hybridized carbons (Fsp3) is 0.609. The first-order valence-corrected chi connectivity index (χ1v) is 10.9. The zero-order valence-electron chi connectivity index (χ0n) is 17.9. The molecule has 1 fully saturated rings. The lowest BCUT2D eigenvalue weighted by molar-refractivity contribution is -0.145. The van der Waals surface area contributed by atoms with Crippen molar-refractivity contribution in [1.29, 1.82) is 0 Å². The van der Waals surface area contributed by atoms with Gasteiger partial charge in [0.1, 0.15) is 0 Å². The zero-order valence-corrected chi connectivity index (χ0v) is 17.9. The van der Waals surface area contributed by atoms with Crippen LogP contribution in [0.2, 0.25) is 0 Å². The van der Waals surface area contributed by atoms with E-state index in [9.17, 15) is 14.4 Å². The van der Waals surface area contributed by atoms with Crippen molar-refractivity contribution >= 4 is 23.4 Å². The van der Waals surface area contributed by atoms with Crippen molar-refractivity contribution in [2.45, 2.75) is 46.0 Å². The van der Waals surface area contributed by atoms with E-state index in [4.69, 9.17) is 0 Å². The largest absolute Gasteiger partial charge is 0.342 e. The lowest BCUT2D eigenvalue weighted by atomic mass is 9.77. The number of carbonyl (C=O) groups is 3. The number of rotatable bonds is 6. The maximum absolute atomic E-state index is 13.4. The minimum absolute atomic E-state index is 0.0435. The number of benzene rings is 1. The van der Waals surface area contributed by atoms with Crippen LogP contribution in [0.3, 0.4) is 0 Å². The highest BCUT2D eigenvalue weighted by molar-refractivity contribution is 6.00. The Balaban J connectivity index is 1.71. The van der Waals surface area contributed by atoms with Gasteiger partial charge < -0.3 is 14.7 Å². The second-order valence-electron chi connectivity index (χ2n) is 8.13. The van der Waals surface area contributed by atoms with E-state index in [0.29, 0.717) is 26.1 Å². The average Bonchev–Trinajstić information content (AvgIpc) is 3.17. The quantitative estimate of drug-likeness (QED) is 0.739. The van der Waals surface area contributed by atoms with Crippen LogP contribution < -0.4 is 4.90 Å². The molecule has 29 heavy (non-hydrogen) atoms. The number of anilines is 1. The Morgan fingerprint density at radius 2 is 1.69 bits per heavy atom. The van der Waals surface area contributed by atoms with Crippen molar-refractivity contribution in [3.05, 3.63) is 29.8 Å². The van der Waals surface area contributed by atoms with Crippen molar-refractivity contribution in [3.63, 3.8) is 0 Å². The lowest BCUT2D eigenvalue weighted by Crippen LogP contribution is -2.48. The van der Waals surface area contributed by atoms with Gasteiger partial charge in [-0.25, -0.2) is 0 Å². The molecule has 158 valence electrons. The number of para-hydroxylation sites is 1. The highest BCUT2D eigenvalue weighted by atomic mass is 16.2. The van der Waals surface area contributed by atoms with Gasteiger partial charge in [-0.1, -0.05) is 31.0 Å². The summed E-state index contributed by atoms with van der Waals surface area (Å²) in [6, 6.07) is 8.02. The Labute approximate surface area is 173 Å². The highest BCUT2D eigenvalue weighted by Gasteiger charge is 2.40. The van der Waals surface area contributed by atoms with Crippen molar-refractivity contribution < 1.29 is 14.4 Å². The summed E-state index contributed by atoms with van der Waals surface area (Å²) in [6.07, 6.45) is 4.25. The molecule has 1 aliphatic heterocycles. The van der Waals surface area contributed by atoms with Gasteiger partial charge in [-0.15, -0.1) is 0 Å². The number of fused-ring (bicyclic) bond motifs is 1. The SMILES string of the molecule is CCN(CC)C(=O)CN(C)C(=O)C1CCCCC1C(=O)N1CCc2ccccc21. The first-order valence-electron chi connectivity index (χ1n) is 10.9. The van der Waals surface area contributed by atoms with E-state index in [2.05, 4.69) is 6.07 Å². The number of nitrogens with zero attached hydrogens (tertiary/aromatic N) is 3. The fourth-order valence-electron chi connectivity index (χ4n) is 4.73. The van der Waals surface area contributed by atoms with Gasteiger partial charge in [-0.2, -0.15) is 0 Å². The second-order valence-corrected chi connectivity index (χ2v) is 8.13. The molecule has 1 saturated carbocycles. The van der Waals surface area contributed by atoms with Crippen LogP contribution in [-0.2, 0) is 20.8 Å². The molecule has 3 amide bonds. The number of likely N-dealkylation sites (N-methyl/N-ethyl adjacent to an activating group) is 2. The molecule has 1 aromatic rings. The van der Waals surface area contributed by atoms with E-state index in [-0.39, 0.29) is 36.1 Å². The minimum atomic E-state index is -0.335. The summed E-state index contributed by atoms with van der Waals surface area (Å²) in [6.45, 7) is 5.91. The van der Waals surface area contributed by atoms with Crippen LogP contribution in [-0.4, -0.2) is 60.7 Å². The first kappa shape index (κ1) is 21.3. The maximum Gasteiger partial charge on any atom is 0.242 e. The van der Waals surface area contributed by atoms with Crippen molar-refractivity contribution in [2.24, 2.45) is 11.8 Å². The monoisotopic (exact) mass is 399 g/mol. The van der Waals surface area contributed by atoms with Gasteiger partial charge >= 0.3 is 0 Å². The van der Waals surface area contributed by atoms with Crippen LogP contribution in [0.5, 0.6) is 0 Å². The Hall–Kier alpha value is -2.37. The summed E-state index contributed by atoms with van der Waals surface area (Å²) >= 11 is 0. The van der Waals surface area contributed by atoms with Gasteiger partial charge in [-0.3, -0.25) is 14.4 Å². The topological polar surface area (TPSA) is 60.9 Å². The Kier molecular flexibility index (Phi) is 6.93. The first-order chi connectivity index (χ1) is 14.0. The molecule has 2 aliphatic rings. The predicted octanol–water partition coefficient (Wildman–Crippen LogP) is 2.71. The minimum Gasteiger partial charge on any atom is -0.342 e. The van der Waals surface area contributed by atoms with E-state index < -0.39 is 0 Å². The Morgan fingerprint density at radius 1 is 1.03 bits per heavy atom. The van der Waals surface area contributed by atoms with Crippen LogP contribution in [0.15, 0.2) is 24.3 Å². The van der Waals surface area contributed by atoms with Crippen molar-refractivity contribution in [2.75, 3.05) is 38.1 Å². The average molecular weight is 400 g/mol. The summed E-state index contributed by atoms with van der Waals surface area (Å²) in [5.41, 5.74) is 2.18. The molecule has 6 nitrogen and oxygen atoms in total. The lowest BCUT2D eigenvalue weighted by Gasteiger charge is -2.35. The van der Waals surface area contributed by atoms with Crippen LogP contribution >= 0.6 is 0 Å². The number of hydrogen-bond acceptors (Lipinski definition) is 3. The molecule has 1 aliphatic carbocycles. The summed E-state index contributed by atoms with van der Waals surface area (Å²) in [4.78, 5) is 44.1. The molecule has 0 spiro atoms. The van der Waals surface area contributed by atoms with Crippen molar-refractivity contribution in [1.82, 2.24) is 9.80 Å².